The molecule has 0 bridgehead atoms. The van der Waals surface area contributed by atoms with E-state index in [1.807, 2.05) is 10.6 Å². The highest BCUT2D eigenvalue weighted by Gasteiger charge is 2.34. The zero-order chi connectivity index (χ0) is 30.2. The Morgan fingerprint density at radius 3 is 2.00 bits per heavy atom. The van der Waals surface area contributed by atoms with E-state index in [4.69, 9.17) is 15.3 Å². The molecule has 220 valence electrons. The van der Waals surface area contributed by atoms with Crippen LogP contribution in [0.1, 0.15) is 5.56 Å². The molecule has 0 atom stereocenters. The number of azo groups is 1. The zero-order valence-electron chi connectivity index (χ0n) is 21.7. The van der Waals surface area contributed by atoms with Gasteiger partial charge in [0, 0.05) is 25.2 Å². The summed E-state index contributed by atoms with van der Waals surface area (Å²) in [6, 6.07) is 7.34. The van der Waals surface area contributed by atoms with Crippen molar-refractivity contribution in [3.63, 3.8) is 0 Å². The summed E-state index contributed by atoms with van der Waals surface area (Å²) < 4.78 is 33.4. The molecule has 1 aromatic heterocycles. The van der Waals surface area contributed by atoms with Crippen LogP contribution in [0.2, 0.25) is 0 Å². The lowest BCUT2D eigenvalue weighted by Gasteiger charge is -2.17. The van der Waals surface area contributed by atoms with Gasteiger partial charge in [-0.15, -0.1) is 11.3 Å². The smallest absolute Gasteiger partial charge is 0.328 e. The van der Waals surface area contributed by atoms with Crippen molar-refractivity contribution >= 4 is 55.2 Å². The van der Waals surface area contributed by atoms with E-state index in [9.17, 15) is 27.4 Å². The van der Waals surface area contributed by atoms with Crippen molar-refractivity contribution in [2.24, 2.45) is 10.2 Å². The maximum atomic E-state index is 11.8. The Balaban J connectivity index is 0.000000397. The average Bonchev–Trinajstić information content (AvgIpc) is 3.32. The van der Waals surface area contributed by atoms with Crippen LogP contribution in [0.3, 0.4) is 0 Å². The lowest BCUT2D eigenvalue weighted by molar-refractivity contribution is -0.131. The Labute approximate surface area is 238 Å². The van der Waals surface area contributed by atoms with Crippen molar-refractivity contribution in [1.29, 1.82) is 0 Å². The molecule has 17 heteroatoms. The largest absolute Gasteiger partial charge is 0.395 e. The molecule has 2 heterocycles. The molecular formula is C24H28N6O9S2. The fraction of sp³-hybridized carbons (Fsp3) is 0.333. The first-order chi connectivity index (χ1) is 19.5. The van der Waals surface area contributed by atoms with E-state index >= 15 is 0 Å². The van der Waals surface area contributed by atoms with E-state index in [2.05, 4.69) is 15.2 Å². The second-order valence-electron chi connectivity index (χ2n) is 8.54. The topological polar surface area (TPSA) is 231 Å². The Bertz CT molecular complexity index is 1510. The molecule has 0 unspecified atom stereocenters. The number of aryl methyl sites for hydroxylation is 1. The number of benzene rings is 2. The van der Waals surface area contributed by atoms with Crippen molar-refractivity contribution in [2.75, 3.05) is 39.5 Å². The molecular weight excluding hydrogens is 580 g/mol. The van der Waals surface area contributed by atoms with E-state index in [1.165, 1.54) is 0 Å². The van der Waals surface area contributed by atoms with Crippen molar-refractivity contribution in [3.8, 4) is 10.6 Å². The van der Waals surface area contributed by atoms with Gasteiger partial charge in [0.15, 0.2) is 0 Å². The highest BCUT2D eigenvalue weighted by Crippen LogP contribution is 2.36. The fourth-order valence-electron chi connectivity index (χ4n) is 3.68. The number of carbonyl (C=O) groups excluding carboxylic acids is 3. The standard InChI is InChI=1S/C18H13N5O6S2.C6H15NO3/c1-8-2-7-11-13(14(8)31(27,28)29)30-17(19-11)9-3-5-10(6-4-9)22-23-12-15(24)20-18(26)21-16(12)25;8-4-1-7(2-5-9)3-6-10/h2-7,12H,1H3,(H,27,28,29)(H2,20,21,24,25,26);8-10H,1-6H2. The molecule has 0 radical (unpaired) electrons. The van der Waals surface area contributed by atoms with Gasteiger partial charge in [0.05, 0.1) is 35.7 Å². The number of fused-ring (bicyclic) bond motifs is 1. The SMILES string of the molecule is Cc1ccc2nc(-c3ccc(N=NC4C(=O)NC(=O)NC4=O)cc3)sc2c1S(=O)(=O)O.OCCN(CCO)CCO. The van der Waals surface area contributed by atoms with Crippen LogP contribution in [0, 0.1) is 6.92 Å². The average molecular weight is 609 g/mol. The van der Waals surface area contributed by atoms with E-state index in [0.29, 0.717) is 51.7 Å². The van der Waals surface area contributed by atoms with Crippen molar-refractivity contribution in [3.05, 3.63) is 42.0 Å². The normalized spacial score (nSPS) is 14.3. The first-order valence-corrected chi connectivity index (χ1v) is 14.3. The first kappa shape index (κ1) is 31.8. The van der Waals surface area contributed by atoms with Gasteiger partial charge in [0.25, 0.3) is 21.9 Å². The van der Waals surface area contributed by atoms with Crippen LogP contribution in [0.5, 0.6) is 0 Å². The second kappa shape index (κ2) is 14.3. The summed E-state index contributed by atoms with van der Waals surface area (Å²) in [5.74, 6) is -1.73. The third-order valence-electron chi connectivity index (χ3n) is 5.59. The summed E-state index contributed by atoms with van der Waals surface area (Å²) in [6.07, 6.45) is 0. The molecule has 2 aromatic carbocycles. The number of aromatic nitrogens is 1. The fourth-order valence-corrected chi connectivity index (χ4v) is 6.00. The van der Waals surface area contributed by atoms with Gasteiger partial charge >= 0.3 is 6.03 Å². The minimum absolute atomic E-state index is 0.0694. The lowest BCUT2D eigenvalue weighted by atomic mass is 10.2. The highest BCUT2D eigenvalue weighted by atomic mass is 32.2. The molecule has 6 N–H and O–H groups in total. The molecule has 3 aromatic rings. The van der Waals surface area contributed by atoms with Crippen LogP contribution in [0.4, 0.5) is 10.5 Å². The quantitative estimate of drug-likeness (QED) is 0.106. The van der Waals surface area contributed by atoms with Crippen molar-refractivity contribution in [1.82, 2.24) is 20.5 Å². The first-order valence-electron chi connectivity index (χ1n) is 12.1. The monoisotopic (exact) mass is 608 g/mol. The van der Waals surface area contributed by atoms with Crippen LogP contribution in [0.25, 0.3) is 20.8 Å². The lowest BCUT2D eigenvalue weighted by Crippen LogP contribution is -2.57. The maximum Gasteiger partial charge on any atom is 0.328 e. The number of imide groups is 2. The molecule has 41 heavy (non-hydrogen) atoms. The van der Waals surface area contributed by atoms with Crippen LogP contribution < -0.4 is 10.6 Å². The maximum absolute atomic E-state index is 11.8. The number of nitrogens with one attached hydrogen (secondary N) is 2. The van der Waals surface area contributed by atoms with Gasteiger partial charge in [-0.2, -0.15) is 18.6 Å². The van der Waals surface area contributed by atoms with E-state index < -0.39 is 34.0 Å². The minimum atomic E-state index is -4.41. The van der Waals surface area contributed by atoms with Gasteiger partial charge in [-0.1, -0.05) is 6.07 Å². The Morgan fingerprint density at radius 1 is 0.927 bits per heavy atom. The van der Waals surface area contributed by atoms with E-state index in [-0.39, 0.29) is 24.7 Å². The number of nitrogens with zero attached hydrogens (tertiary/aromatic N) is 4. The third kappa shape index (κ3) is 8.40. The van der Waals surface area contributed by atoms with Gasteiger partial charge in [-0.05, 0) is 42.8 Å². The Morgan fingerprint density at radius 2 is 1.49 bits per heavy atom. The number of hydrogen-bond donors (Lipinski definition) is 6. The van der Waals surface area contributed by atoms with E-state index in [0.717, 1.165) is 11.3 Å². The number of carbonyl (C=O) groups is 3. The molecule has 1 aliphatic rings. The third-order valence-corrected chi connectivity index (χ3v) is 7.90. The summed E-state index contributed by atoms with van der Waals surface area (Å²) in [4.78, 5) is 40.4. The van der Waals surface area contributed by atoms with Gasteiger partial charge in [0.1, 0.15) is 9.90 Å². The number of amides is 4. The zero-order valence-corrected chi connectivity index (χ0v) is 23.4. The minimum Gasteiger partial charge on any atom is -0.395 e. The summed E-state index contributed by atoms with van der Waals surface area (Å²) in [5, 5.41) is 37.4. The van der Waals surface area contributed by atoms with Crippen molar-refractivity contribution < 1.29 is 42.7 Å². The molecule has 4 amide bonds. The molecule has 0 aliphatic carbocycles. The number of aliphatic hydroxyl groups excluding tert-OH is 3. The summed E-state index contributed by atoms with van der Waals surface area (Å²) in [7, 11) is -4.41. The molecule has 0 saturated carbocycles. The Hall–Kier alpha value is -3.71. The Kier molecular flexibility index (Phi) is 11.1. The second-order valence-corrected chi connectivity index (χ2v) is 10.9. The molecule has 1 aliphatic heterocycles. The van der Waals surface area contributed by atoms with Gasteiger partial charge < -0.3 is 15.3 Å². The molecule has 1 fully saturated rings. The summed E-state index contributed by atoms with van der Waals surface area (Å²) in [5.41, 5.74) is 1.86. The predicted octanol–water partition coefficient (Wildman–Crippen LogP) is 0.602. The van der Waals surface area contributed by atoms with E-state index in [1.54, 1.807) is 48.2 Å². The van der Waals surface area contributed by atoms with Crippen LogP contribution in [0.15, 0.2) is 51.5 Å². The molecule has 0 spiro atoms. The van der Waals surface area contributed by atoms with Crippen molar-refractivity contribution in [2.45, 2.75) is 17.9 Å². The number of thiazole rings is 1. The highest BCUT2D eigenvalue weighted by molar-refractivity contribution is 7.86. The van der Waals surface area contributed by atoms with Crippen LogP contribution >= 0.6 is 11.3 Å². The van der Waals surface area contributed by atoms with Crippen LogP contribution in [-0.4, -0.2) is 102 Å². The van der Waals surface area contributed by atoms with Gasteiger partial charge in [-0.3, -0.25) is 29.7 Å². The molecule has 15 nitrogen and oxygen atoms in total. The summed E-state index contributed by atoms with van der Waals surface area (Å²) >= 11 is 1.12. The molecule has 1 saturated heterocycles. The molecule has 4 rings (SSSR count). The summed E-state index contributed by atoms with van der Waals surface area (Å²) in [6.45, 7) is 3.34. The number of barbiturate groups is 1. The predicted molar refractivity (Wildman–Crippen MR) is 147 cm³/mol. The number of rotatable bonds is 10. The number of hydrogen-bond acceptors (Lipinski definition) is 13. The van der Waals surface area contributed by atoms with Gasteiger partial charge in [0.2, 0.25) is 6.04 Å². The van der Waals surface area contributed by atoms with Crippen LogP contribution in [-0.2, 0) is 19.7 Å². The van der Waals surface area contributed by atoms with Gasteiger partial charge in [-0.25, -0.2) is 9.78 Å². The number of aliphatic hydroxyl groups is 3. The number of urea groups is 1.